The van der Waals surface area contributed by atoms with Gasteiger partial charge in [0, 0.05) is 13.2 Å². The quantitative estimate of drug-likeness (QED) is 0.778. The number of fused-ring (bicyclic) bond motifs is 1. The molecule has 5 nitrogen and oxygen atoms in total. The van der Waals surface area contributed by atoms with Crippen molar-refractivity contribution >= 4 is 33.7 Å². The van der Waals surface area contributed by atoms with E-state index in [1.165, 1.54) is 11.3 Å². The molecule has 3 aromatic rings. The van der Waals surface area contributed by atoms with Crippen LogP contribution in [0.1, 0.15) is 17.1 Å². The topological polar surface area (TPSA) is 63.6 Å². The summed E-state index contributed by atoms with van der Waals surface area (Å²) in [6, 6.07) is 1.89. The van der Waals surface area contributed by atoms with Gasteiger partial charge in [0.1, 0.15) is 10.7 Å². The van der Waals surface area contributed by atoms with Gasteiger partial charge in [0.05, 0.1) is 11.1 Å². The standard InChI is InChI=1S/C13H12N4OS/c1-8-7-19-13-11(8)12(18)14-10(15-13)4-3-9-5-6-17(2)16-9/h3-7H,1-2H3,(H,14,15,18). The second-order valence-electron chi connectivity index (χ2n) is 4.30. The Morgan fingerprint density at radius 3 is 3.00 bits per heavy atom. The smallest absolute Gasteiger partial charge is 0.260 e. The molecule has 0 aliphatic carbocycles. The Morgan fingerprint density at radius 2 is 2.26 bits per heavy atom. The summed E-state index contributed by atoms with van der Waals surface area (Å²) in [6.45, 7) is 1.92. The summed E-state index contributed by atoms with van der Waals surface area (Å²) >= 11 is 1.48. The number of aromatic nitrogens is 4. The molecule has 0 saturated carbocycles. The number of thiophene rings is 1. The fourth-order valence-electron chi connectivity index (χ4n) is 1.87. The van der Waals surface area contributed by atoms with Gasteiger partial charge in [0.2, 0.25) is 0 Å². The van der Waals surface area contributed by atoms with Gasteiger partial charge in [0.25, 0.3) is 5.56 Å². The molecule has 0 radical (unpaired) electrons. The minimum Gasteiger partial charge on any atom is -0.306 e. The number of aryl methyl sites for hydroxylation is 2. The van der Waals surface area contributed by atoms with Gasteiger partial charge in [-0.05, 0) is 36.1 Å². The second-order valence-corrected chi connectivity index (χ2v) is 5.16. The molecule has 3 heterocycles. The molecule has 0 aliphatic heterocycles. The number of rotatable bonds is 2. The SMILES string of the molecule is Cc1csc2nc(C=Cc3ccn(C)n3)[nH]c(=O)c12. The fraction of sp³-hybridized carbons (Fsp3) is 0.154. The predicted octanol–water partition coefficient (Wildman–Crippen LogP) is 2.20. The summed E-state index contributed by atoms with van der Waals surface area (Å²) < 4.78 is 1.72. The molecule has 3 rings (SSSR count). The molecule has 0 fully saturated rings. The summed E-state index contributed by atoms with van der Waals surface area (Å²) in [5.41, 5.74) is 1.70. The Kier molecular flexibility index (Phi) is 2.79. The molecule has 0 amide bonds. The average molecular weight is 272 g/mol. The van der Waals surface area contributed by atoms with Crippen molar-refractivity contribution in [1.29, 1.82) is 0 Å². The lowest BCUT2D eigenvalue weighted by molar-refractivity contribution is 0.764. The van der Waals surface area contributed by atoms with E-state index < -0.39 is 0 Å². The Morgan fingerprint density at radius 1 is 1.42 bits per heavy atom. The summed E-state index contributed by atoms with van der Waals surface area (Å²) in [7, 11) is 1.86. The van der Waals surface area contributed by atoms with Gasteiger partial charge in [-0.2, -0.15) is 5.10 Å². The van der Waals surface area contributed by atoms with Gasteiger partial charge in [0.15, 0.2) is 0 Å². The Balaban J connectivity index is 2.02. The van der Waals surface area contributed by atoms with Crippen LogP contribution < -0.4 is 5.56 Å². The first kappa shape index (κ1) is 11.9. The van der Waals surface area contributed by atoms with E-state index in [4.69, 9.17) is 0 Å². The molecule has 0 atom stereocenters. The molecular weight excluding hydrogens is 260 g/mol. The molecular formula is C13H12N4OS. The molecule has 0 saturated heterocycles. The van der Waals surface area contributed by atoms with Gasteiger partial charge >= 0.3 is 0 Å². The molecule has 6 heteroatoms. The van der Waals surface area contributed by atoms with E-state index in [1.807, 2.05) is 37.7 Å². The zero-order valence-corrected chi connectivity index (χ0v) is 11.4. The van der Waals surface area contributed by atoms with Crippen molar-refractivity contribution in [3.05, 3.63) is 45.1 Å². The van der Waals surface area contributed by atoms with Gasteiger partial charge < -0.3 is 4.98 Å². The van der Waals surface area contributed by atoms with Crippen LogP contribution in [0.3, 0.4) is 0 Å². The number of nitrogens with one attached hydrogen (secondary N) is 1. The molecule has 19 heavy (non-hydrogen) atoms. The maximum Gasteiger partial charge on any atom is 0.260 e. The van der Waals surface area contributed by atoms with Crippen LogP contribution in [-0.4, -0.2) is 19.7 Å². The largest absolute Gasteiger partial charge is 0.306 e. The van der Waals surface area contributed by atoms with Crippen LogP contribution in [0.2, 0.25) is 0 Å². The molecule has 0 unspecified atom stereocenters. The maximum atomic E-state index is 12.0. The van der Waals surface area contributed by atoms with Crippen molar-refractivity contribution < 1.29 is 0 Å². The van der Waals surface area contributed by atoms with Crippen LogP contribution >= 0.6 is 11.3 Å². The van der Waals surface area contributed by atoms with Crippen LogP contribution in [0.5, 0.6) is 0 Å². The highest BCUT2D eigenvalue weighted by molar-refractivity contribution is 7.16. The Bertz CT molecular complexity index is 825. The predicted molar refractivity (Wildman–Crippen MR) is 77.1 cm³/mol. The van der Waals surface area contributed by atoms with Gasteiger partial charge in [-0.25, -0.2) is 4.98 Å². The number of nitrogens with zero attached hydrogens (tertiary/aromatic N) is 3. The Labute approximate surface area is 113 Å². The minimum atomic E-state index is -0.0931. The lowest BCUT2D eigenvalue weighted by Gasteiger charge is -1.94. The normalized spacial score (nSPS) is 11.7. The van der Waals surface area contributed by atoms with Gasteiger partial charge in [-0.3, -0.25) is 9.48 Å². The summed E-state index contributed by atoms with van der Waals surface area (Å²) in [4.78, 5) is 19.9. The number of aromatic amines is 1. The molecule has 96 valence electrons. The third-order valence-corrected chi connectivity index (χ3v) is 3.78. The first-order valence-electron chi connectivity index (χ1n) is 5.79. The van der Waals surface area contributed by atoms with Crippen molar-refractivity contribution in [2.24, 2.45) is 7.05 Å². The van der Waals surface area contributed by atoms with E-state index in [9.17, 15) is 4.79 Å². The summed E-state index contributed by atoms with van der Waals surface area (Å²) in [6.07, 6.45) is 5.45. The van der Waals surface area contributed by atoms with Crippen molar-refractivity contribution in [3.8, 4) is 0 Å². The zero-order chi connectivity index (χ0) is 13.4. The highest BCUT2D eigenvalue weighted by Crippen LogP contribution is 2.19. The van der Waals surface area contributed by atoms with E-state index in [0.29, 0.717) is 11.2 Å². The van der Waals surface area contributed by atoms with Crippen molar-refractivity contribution in [2.75, 3.05) is 0 Å². The second kappa shape index (κ2) is 4.47. The van der Waals surface area contributed by atoms with Gasteiger partial charge in [-0.1, -0.05) is 0 Å². The van der Waals surface area contributed by atoms with Crippen LogP contribution in [0.15, 0.2) is 22.4 Å². The number of hydrogen-bond acceptors (Lipinski definition) is 4. The Hall–Kier alpha value is -2.21. The van der Waals surface area contributed by atoms with Crippen LogP contribution in [0, 0.1) is 6.92 Å². The molecule has 0 aliphatic rings. The molecule has 0 spiro atoms. The van der Waals surface area contributed by atoms with E-state index in [-0.39, 0.29) is 5.56 Å². The third kappa shape index (κ3) is 2.22. The first-order chi connectivity index (χ1) is 9.13. The van der Waals surface area contributed by atoms with Crippen LogP contribution in [0.4, 0.5) is 0 Å². The van der Waals surface area contributed by atoms with E-state index in [0.717, 1.165) is 16.1 Å². The lowest BCUT2D eigenvalue weighted by Crippen LogP contribution is -2.08. The lowest BCUT2D eigenvalue weighted by atomic mass is 10.3. The average Bonchev–Trinajstić information content (AvgIpc) is 2.94. The van der Waals surface area contributed by atoms with Crippen LogP contribution in [-0.2, 0) is 7.05 Å². The first-order valence-corrected chi connectivity index (χ1v) is 6.67. The molecule has 0 aromatic carbocycles. The molecule has 1 N–H and O–H groups in total. The van der Waals surface area contributed by atoms with Crippen molar-refractivity contribution in [1.82, 2.24) is 19.7 Å². The highest BCUT2D eigenvalue weighted by Gasteiger charge is 2.06. The van der Waals surface area contributed by atoms with Crippen molar-refractivity contribution in [2.45, 2.75) is 6.92 Å². The third-order valence-electron chi connectivity index (χ3n) is 2.79. The molecule has 0 bridgehead atoms. The highest BCUT2D eigenvalue weighted by atomic mass is 32.1. The van der Waals surface area contributed by atoms with E-state index in [2.05, 4.69) is 15.1 Å². The number of hydrogen-bond donors (Lipinski definition) is 1. The van der Waals surface area contributed by atoms with Crippen molar-refractivity contribution in [3.63, 3.8) is 0 Å². The monoisotopic (exact) mass is 272 g/mol. The van der Waals surface area contributed by atoms with E-state index in [1.54, 1.807) is 10.8 Å². The van der Waals surface area contributed by atoms with E-state index >= 15 is 0 Å². The summed E-state index contributed by atoms with van der Waals surface area (Å²) in [5, 5.41) is 6.85. The maximum absolute atomic E-state index is 12.0. The number of H-pyrrole nitrogens is 1. The zero-order valence-electron chi connectivity index (χ0n) is 10.5. The minimum absolute atomic E-state index is 0.0931. The van der Waals surface area contributed by atoms with Gasteiger partial charge in [-0.15, -0.1) is 11.3 Å². The fourth-order valence-corrected chi connectivity index (χ4v) is 2.80. The molecule has 3 aromatic heterocycles. The summed E-state index contributed by atoms with van der Waals surface area (Å²) in [5.74, 6) is 0.546. The van der Waals surface area contributed by atoms with Crippen LogP contribution in [0.25, 0.3) is 22.4 Å².